The molecule has 1 N–H and O–H groups in total. The van der Waals surface area contributed by atoms with Crippen LogP contribution >= 0.6 is 11.8 Å². The minimum Gasteiger partial charge on any atom is -0.449 e. The summed E-state index contributed by atoms with van der Waals surface area (Å²) in [7, 11) is 0. The number of hydrogen-bond donors (Lipinski definition) is 1. The number of alkyl halides is 3. The third kappa shape index (κ3) is 2.27. The third-order valence-corrected chi connectivity index (χ3v) is 3.87. The lowest BCUT2D eigenvalue weighted by Gasteiger charge is -2.34. The quantitative estimate of drug-likeness (QED) is 0.857. The number of amides is 1. The van der Waals surface area contributed by atoms with Crippen LogP contribution < -0.4 is 5.32 Å². The normalized spacial score (nSPS) is 24.9. The minimum absolute atomic E-state index is 0.0126. The van der Waals surface area contributed by atoms with Crippen LogP contribution in [0, 0.1) is 0 Å². The fourth-order valence-corrected chi connectivity index (χ4v) is 2.78. The predicted octanol–water partition coefficient (Wildman–Crippen LogP) is 2.87. The molecule has 0 aromatic heterocycles. The van der Waals surface area contributed by atoms with Gasteiger partial charge in [0.2, 0.25) is 4.87 Å². The molecule has 1 saturated heterocycles. The molecular formula is C11H10F3NO2S. The number of thioether (sulfide) groups is 1. The summed E-state index contributed by atoms with van der Waals surface area (Å²) in [6.07, 6.45) is -5.66. The summed E-state index contributed by atoms with van der Waals surface area (Å²) in [5, 5.41) is 1.93. The summed E-state index contributed by atoms with van der Waals surface area (Å²) in [5.74, 6) is 0.0765. The molecule has 1 fully saturated rings. The number of cyclic esters (lactones) is 1. The van der Waals surface area contributed by atoms with Crippen LogP contribution in [-0.2, 0) is 9.61 Å². The van der Waals surface area contributed by atoms with Crippen molar-refractivity contribution in [3.63, 3.8) is 0 Å². The largest absolute Gasteiger partial charge is 0.449 e. The van der Waals surface area contributed by atoms with Crippen molar-refractivity contribution >= 4 is 17.9 Å². The first kappa shape index (κ1) is 13.1. The Morgan fingerprint density at radius 3 is 2.56 bits per heavy atom. The van der Waals surface area contributed by atoms with Crippen molar-refractivity contribution in [1.29, 1.82) is 0 Å². The predicted molar refractivity (Wildman–Crippen MR) is 61.1 cm³/mol. The van der Waals surface area contributed by atoms with Crippen LogP contribution in [0.4, 0.5) is 18.0 Å². The van der Waals surface area contributed by atoms with Crippen LogP contribution in [0.25, 0.3) is 0 Å². The maximum Gasteiger partial charge on any atom is 0.425 e. The maximum absolute atomic E-state index is 13.3. The van der Waals surface area contributed by atoms with E-state index in [1.54, 1.807) is 6.07 Å². The molecule has 0 saturated carbocycles. The molecular weight excluding hydrogens is 267 g/mol. The van der Waals surface area contributed by atoms with Crippen LogP contribution in [0.3, 0.4) is 0 Å². The molecule has 1 heterocycles. The van der Waals surface area contributed by atoms with E-state index < -0.39 is 17.1 Å². The van der Waals surface area contributed by atoms with Gasteiger partial charge in [-0.1, -0.05) is 30.3 Å². The van der Waals surface area contributed by atoms with Gasteiger partial charge in [-0.2, -0.15) is 13.2 Å². The van der Waals surface area contributed by atoms with E-state index in [0.29, 0.717) is 11.8 Å². The Bertz CT molecular complexity index is 438. The molecule has 1 atom stereocenters. The molecule has 0 spiro atoms. The highest BCUT2D eigenvalue weighted by Crippen LogP contribution is 2.48. The van der Waals surface area contributed by atoms with E-state index in [4.69, 9.17) is 0 Å². The van der Waals surface area contributed by atoms with Gasteiger partial charge in [-0.05, 0) is 5.56 Å². The number of benzene rings is 1. The molecule has 1 aliphatic heterocycles. The van der Waals surface area contributed by atoms with Crippen LogP contribution in [0.2, 0.25) is 0 Å². The van der Waals surface area contributed by atoms with E-state index in [9.17, 15) is 18.0 Å². The Morgan fingerprint density at radius 1 is 1.28 bits per heavy atom. The first-order chi connectivity index (χ1) is 8.46. The molecule has 0 unspecified atom stereocenters. The molecule has 2 rings (SSSR count). The second-order valence-electron chi connectivity index (χ2n) is 3.65. The van der Waals surface area contributed by atoms with E-state index in [0.717, 1.165) is 0 Å². The van der Waals surface area contributed by atoms with Crippen molar-refractivity contribution in [3.8, 4) is 0 Å². The average Bonchev–Trinajstić information content (AvgIpc) is 2.52. The molecule has 0 bridgehead atoms. The first-order valence-electron chi connectivity index (χ1n) is 5.17. The average molecular weight is 277 g/mol. The van der Waals surface area contributed by atoms with Gasteiger partial charge in [0, 0.05) is 5.75 Å². The first-order valence-corrected chi connectivity index (χ1v) is 6.15. The molecule has 7 heteroatoms. The monoisotopic (exact) mass is 277 g/mol. The molecule has 1 amide bonds. The van der Waals surface area contributed by atoms with E-state index in [2.05, 4.69) is 4.74 Å². The van der Waals surface area contributed by atoms with Crippen molar-refractivity contribution in [2.75, 3.05) is 12.4 Å². The highest BCUT2D eigenvalue weighted by molar-refractivity contribution is 8.00. The lowest BCUT2D eigenvalue weighted by Crippen LogP contribution is -2.52. The number of ether oxygens (including phenoxy) is 1. The van der Waals surface area contributed by atoms with Crippen molar-refractivity contribution in [2.24, 2.45) is 0 Å². The zero-order chi connectivity index (χ0) is 13.2. The summed E-state index contributed by atoms with van der Waals surface area (Å²) in [6.45, 7) is -0.0405. The van der Waals surface area contributed by atoms with Gasteiger partial charge < -0.3 is 4.74 Å². The van der Waals surface area contributed by atoms with Gasteiger partial charge in [0.25, 0.3) is 0 Å². The number of carbonyl (C=O) groups excluding carboxylic acids is 1. The van der Waals surface area contributed by atoms with Crippen LogP contribution in [0.15, 0.2) is 30.3 Å². The van der Waals surface area contributed by atoms with Crippen molar-refractivity contribution in [3.05, 3.63) is 35.9 Å². The topological polar surface area (TPSA) is 38.3 Å². The maximum atomic E-state index is 13.3. The Morgan fingerprint density at radius 2 is 1.94 bits per heavy atom. The van der Waals surface area contributed by atoms with Crippen molar-refractivity contribution in [1.82, 2.24) is 5.32 Å². The number of nitrogens with one attached hydrogen (secondary N) is 1. The lowest BCUT2D eigenvalue weighted by atomic mass is 10.1. The van der Waals surface area contributed by atoms with Crippen LogP contribution in [0.1, 0.15) is 5.56 Å². The number of carbonyl (C=O) groups is 1. The zero-order valence-corrected chi connectivity index (χ0v) is 9.98. The molecule has 1 aliphatic rings. The van der Waals surface area contributed by atoms with Gasteiger partial charge in [-0.15, -0.1) is 11.8 Å². The van der Waals surface area contributed by atoms with Gasteiger partial charge in [0.1, 0.15) is 6.61 Å². The Labute approximate surface area is 106 Å². The lowest BCUT2D eigenvalue weighted by molar-refractivity contribution is -0.167. The Kier molecular flexibility index (Phi) is 3.43. The second-order valence-corrected chi connectivity index (χ2v) is 4.96. The Balaban J connectivity index is 2.50. The molecule has 1 aromatic rings. The van der Waals surface area contributed by atoms with Gasteiger partial charge in [0.05, 0.1) is 0 Å². The number of hydrogen-bond acceptors (Lipinski definition) is 3. The molecule has 18 heavy (non-hydrogen) atoms. The van der Waals surface area contributed by atoms with E-state index >= 15 is 0 Å². The van der Waals surface area contributed by atoms with Crippen LogP contribution in [-0.4, -0.2) is 24.6 Å². The van der Waals surface area contributed by atoms with Gasteiger partial charge in [0.15, 0.2) is 0 Å². The van der Waals surface area contributed by atoms with E-state index in [-0.39, 0.29) is 17.9 Å². The Hall–Kier alpha value is -1.37. The van der Waals surface area contributed by atoms with E-state index in [1.165, 1.54) is 24.3 Å². The van der Waals surface area contributed by atoms with Crippen molar-refractivity contribution < 1.29 is 22.7 Å². The molecule has 98 valence electrons. The second kappa shape index (κ2) is 4.72. The summed E-state index contributed by atoms with van der Waals surface area (Å²) in [5.41, 5.74) is -0.0126. The highest BCUT2D eigenvalue weighted by atomic mass is 32.2. The van der Waals surface area contributed by atoms with E-state index in [1.807, 2.05) is 5.32 Å². The number of halogens is 3. The smallest absolute Gasteiger partial charge is 0.425 e. The number of alkyl carbamates (subject to hydrolysis) is 1. The molecule has 0 radical (unpaired) electrons. The third-order valence-electron chi connectivity index (χ3n) is 2.49. The fourth-order valence-electron chi connectivity index (χ4n) is 1.69. The number of rotatable bonds is 1. The van der Waals surface area contributed by atoms with Gasteiger partial charge >= 0.3 is 12.3 Å². The summed E-state index contributed by atoms with van der Waals surface area (Å²) >= 11 is 0.613. The van der Waals surface area contributed by atoms with Gasteiger partial charge in [-0.3, -0.25) is 5.32 Å². The minimum atomic E-state index is -4.61. The van der Waals surface area contributed by atoms with Crippen LogP contribution in [0.5, 0.6) is 0 Å². The summed E-state index contributed by atoms with van der Waals surface area (Å²) in [6, 6.07) is 7.30. The highest BCUT2D eigenvalue weighted by Gasteiger charge is 2.58. The molecule has 3 nitrogen and oxygen atoms in total. The molecule has 1 aromatic carbocycles. The van der Waals surface area contributed by atoms with Gasteiger partial charge in [-0.25, -0.2) is 4.79 Å². The summed E-state index contributed by atoms with van der Waals surface area (Å²) < 4.78 is 44.6. The SMILES string of the molecule is O=C1N[C@@](c2ccccc2)(C(F)(F)F)SCCO1. The fraction of sp³-hybridized carbons (Fsp3) is 0.364. The molecule has 0 aliphatic carbocycles. The summed E-state index contributed by atoms with van der Waals surface area (Å²) in [4.78, 5) is 8.83. The zero-order valence-electron chi connectivity index (χ0n) is 9.16. The van der Waals surface area contributed by atoms with Crippen molar-refractivity contribution in [2.45, 2.75) is 11.0 Å². The standard InChI is InChI=1S/C11H10F3NO2S/c12-11(13,14)10(8-4-2-1-3-5-8)15-9(16)17-6-7-18-10/h1-5H,6-7H2,(H,15,16)/t10-/m1/s1.